The molecular formula is C11H22N2O3S. The Kier molecular flexibility index (Phi) is 5.91. The van der Waals surface area contributed by atoms with Gasteiger partial charge in [-0.25, -0.2) is 8.42 Å². The van der Waals surface area contributed by atoms with E-state index in [-0.39, 0.29) is 17.4 Å². The maximum Gasteiger partial charge on any atom is 0.237 e. The molecule has 1 aliphatic rings. The molecule has 1 rings (SSSR count). The maximum atomic E-state index is 11.7. The molecule has 0 saturated carbocycles. The molecule has 17 heavy (non-hydrogen) atoms. The Morgan fingerprint density at radius 3 is 2.53 bits per heavy atom. The molecule has 0 aromatic heterocycles. The second kappa shape index (κ2) is 6.96. The quantitative estimate of drug-likeness (QED) is 0.657. The third-order valence-corrected chi connectivity index (χ3v) is 4.46. The number of rotatable bonds is 7. The van der Waals surface area contributed by atoms with Gasteiger partial charge in [-0.1, -0.05) is 6.92 Å². The van der Waals surface area contributed by atoms with Crippen molar-refractivity contribution in [2.24, 2.45) is 0 Å². The molecule has 0 radical (unpaired) electrons. The largest absolute Gasteiger partial charge is 0.342 e. The van der Waals surface area contributed by atoms with Crippen molar-refractivity contribution < 1.29 is 13.2 Å². The van der Waals surface area contributed by atoms with Crippen molar-refractivity contribution in [3.8, 4) is 0 Å². The minimum absolute atomic E-state index is 0.0968. The molecular weight excluding hydrogens is 240 g/mol. The Hall–Kier alpha value is -0.620. The zero-order chi connectivity index (χ0) is 12.7. The Labute approximate surface area is 103 Å². The van der Waals surface area contributed by atoms with Gasteiger partial charge in [-0.3, -0.25) is 4.79 Å². The van der Waals surface area contributed by atoms with Crippen LogP contribution >= 0.6 is 0 Å². The van der Waals surface area contributed by atoms with Crippen LogP contribution in [0.25, 0.3) is 0 Å². The molecule has 0 unspecified atom stereocenters. The van der Waals surface area contributed by atoms with Crippen LogP contribution in [0, 0.1) is 0 Å². The monoisotopic (exact) mass is 262 g/mol. The molecule has 5 nitrogen and oxygen atoms in total. The van der Waals surface area contributed by atoms with Crippen LogP contribution in [0.1, 0.15) is 26.2 Å². The molecule has 0 aromatic rings. The maximum absolute atomic E-state index is 11.7. The number of nitrogens with zero attached hydrogens (tertiary/aromatic N) is 1. The van der Waals surface area contributed by atoms with E-state index in [2.05, 4.69) is 5.32 Å². The van der Waals surface area contributed by atoms with Crippen LogP contribution in [-0.2, 0) is 14.6 Å². The van der Waals surface area contributed by atoms with Gasteiger partial charge >= 0.3 is 0 Å². The third-order valence-electron chi connectivity index (χ3n) is 2.86. The van der Waals surface area contributed by atoms with Gasteiger partial charge in [0.25, 0.3) is 0 Å². The van der Waals surface area contributed by atoms with Gasteiger partial charge in [-0.2, -0.15) is 0 Å². The standard InChI is InChI=1S/C11H22N2O3S/c1-2-12-6-5-9-17(15,16)10-11(14)13-7-3-4-8-13/h12H,2-10H2,1H3. The van der Waals surface area contributed by atoms with Crippen molar-refractivity contribution in [2.75, 3.05) is 37.7 Å². The van der Waals surface area contributed by atoms with E-state index in [4.69, 9.17) is 0 Å². The zero-order valence-corrected chi connectivity index (χ0v) is 11.3. The summed E-state index contributed by atoms with van der Waals surface area (Å²) in [6.07, 6.45) is 2.56. The second-order valence-electron chi connectivity index (χ2n) is 4.39. The fraction of sp³-hybridized carbons (Fsp3) is 0.909. The average Bonchev–Trinajstić information content (AvgIpc) is 2.77. The van der Waals surface area contributed by atoms with Gasteiger partial charge < -0.3 is 10.2 Å². The van der Waals surface area contributed by atoms with Crippen molar-refractivity contribution in [3.63, 3.8) is 0 Å². The van der Waals surface area contributed by atoms with Crippen molar-refractivity contribution in [1.29, 1.82) is 0 Å². The number of likely N-dealkylation sites (tertiary alicyclic amines) is 1. The number of hydrogen-bond donors (Lipinski definition) is 1. The highest BCUT2D eigenvalue weighted by atomic mass is 32.2. The highest BCUT2D eigenvalue weighted by Gasteiger charge is 2.23. The van der Waals surface area contributed by atoms with Gasteiger partial charge in [0.2, 0.25) is 5.91 Å². The Morgan fingerprint density at radius 2 is 1.94 bits per heavy atom. The van der Waals surface area contributed by atoms with Crippen molar-refractivity contribution in [1.82, 2.24) is 10.2 Å². The summed E-state index contributed by atoms with van der Waals surface area (Å²) >= 11 is 0. The van der Waals surface area contributed by atoms with Crippen LogP contribution in [0.3, 0.4) is 0 Å². The summed E-state index contributed by atoms with van der Waals surface area (Å²) in [6, 6.07) is 0. The normalized spacial score (nSPS) is 16.4. The summed E-state index contributed by atoms with van der Waals surface area (Å²) < 4.78 is 23.4. The number of carbonyl (C=O) groups is 1. The average molecular weight is 262 g/mol. The molecule has 0 aliphatic carbocycles. The molecule has 6 heteroatoms. The predicted molar refractivity (Wildman–Crippen MR) is 67.6 cm³/mol. The van der Waals surface area contributed by atoms with Gasteiger partial charge in [-0.15, -0.1) is 0 Å². The lowest BCUT2D eigenvalue weighted by molar-refractivity contribution is -0.127. The third kappa shape index (κ3) is 5.50. The summed E-state index contributed by atoms with van der Waals surface area (Å²) in [5, 5.41) is 3.07. The van der Waals surface area contributed by atoms with Gasteiger partial charge in [-0.05, 0) is 32.4 Å². The molecule has 1 amide bonds. The molecule has 100 valence electrons. The smallest absolute Gasteiger partial charge is 0.237 e. The Bertz CT molecular complexity index is 335. The SMILES string of the molecule is CCNCCCS(=O)(=O)CC(=O)N1CCCC1. The second-order valence-corrected chi connectivity index (χ2v) is 6.57. The van der Waals surface area contributed by atoms with Crippen LogP contribution in [-0.4, -0.2) is 56.9 Å². The van der Waals surface area contributed by atoms with E-state index in [9.17, 15) is 13.2 Å². The van der Waals surface area contributed by atoms with Gasteiger partial charge in [0.15, 0.2) is 9.84 Å². The number of amides is 1. The summed E-state index contributed by atoms with van der Waals surface area (Å²) in [7, 11) is -3.23. The lowest BCUT2D eigenvalue weighted by Gasteiger charge is -2.15. The van der Waals surface area contributed by atoms with E-state index >= 15 is 0 Å². The van der Waals surface area contributed by atoms with Crippen LogP contribution in [0.4, 0.5) is 0 Å². The molecule has 0 spiro atoms. The first kappa shape index (κ1) is 14.4. The minimum atomic E-state index is -3.23. The first-order valence-corrected chi connectivity index (χ1v) is 8.06. The highest BCUT2D eigenvalue weighted by molar-refractivity contribution is 7.92. The van der Waals surface area contributed by atoms with Gasteiger partial charge in [0.1, 0.15) is 5.75 Å². The molecule has 1 aliphatic heterocycles. The summed E-state index contributed by atoms with van der Waals surface area (Å²) in [5.41, 5.74) is 0. The van der Waals surface area contributed by atoms with E-state index in [1.807, 2.05) is 6.92 Å². The van der Waals surface area contributed by atoms with Gasteiger partial charge in [0, 0.05) is 13.1 Å². The first-order valence-electron chi connectivity index (χ1n) is 6.24. The van der Waals surface area contributed by atoms with E-state index in [0.717, 1.165) is 19.4 Å². The molecule has 1 saturated heterocycles. The van der Waals surface area contributed by atoms with Gasteiger partial charge in [0.05, 0.1) is 5.75 Å². The lowest BCUT2D eigenvalue weighted by atomic mass is 10.4. The topological polar surface area (TPSA) is 66.5 Å². The van der Waals surface area contributed by atoms with E-state index < -0.39 is 9.84 Å². The molecule has 1 N–H and O–H groups in total. The Balaban J connectivity index is 2.30. The number of sulfone groups is 1. The number of carbonyl (C=O) groups excluding carboxylic acids is 1. The zero-order valence-electron chi connectivity index (χ0n) is 10.4. The first-order chi connectivity index (χ1) is 8.05. The van der Waals surface area contributed by atoms with Crippen LogP contribution in [0.2, 0.25) is 0 Å². The van der Waals surface area contributed by atoms with Crippen LogP contribution < -0.4 is 5.32 Å². The van der Waals surface area contributed by atoms with Crippen LogP contribution in [0.15, 0.2) is 0 Å². The number of nitrogens with one attached hydrogen (secondary N) is 1. The van der Waals surface area contributed by atoms with Crippen LogP contribution in [0.5, 0.6) is 0 Å². The summed E-state index contributed by atoms with van der Waals surface area (Å²) in [5.74, 6) is -0.454. The van der Waals surface area contributed by atoms with Crippen molar-refractivity contribution in [3.05, 3.63) is 0 Å². The van der Waals surface area contributed by atoms with E-state index in [1.54, 1.807) is 4.90 Å². The molecule has 1 fully saturated rings. The lowest BCUT2D eigenvalue weighted by Crippen LogP contribution is -2.34. The van der Waals surface area contributed by atoms with Crippen molar-refractivity contribution >= 4 is 15.7 Å². The summed E-state index contributed by atoms with van der Waals surface area (Å²) in [6.45, 7) is 4.93. The summed E-state index contributed by atoms with van der Waals surface area (Å²) in [4.78, 5) is 13.3. The molecule has 0 bridgehead atoms. The Morgan fingerprint density at radius 1 is 1.29 bits per heavy atom. The molecule has 0 aromatic carbocycles. The van der Waals surface area contributed by atoms with Crippen molar-refractivity contribution in [2.45, 2.75) is 26.2 Å². The number of hydrogen-bond acceptors (Lipinski definition) is 4. The minimum Gasteiger partial charge on any atom is -0.342 e. The fourth-order valence-electron chi connectivity index (χ4n) is 1.91. The molecule has 0 atom stereocenters. The predicted octanol–water partition coefficient (Wildman–Crippen LogP) is 0.0232. The van der Waals surface area contributed by atoms with E-state index in [1.165, 1.54) is 0 Å². The van der Waals surface area contributed by atoms with E-state index in [0.29, 0.717) is 26.1 Å². The molecule has 1 heterocycles. The highest BCUT2D eigenvalue weighted by Crippen LogP contribution is 2.08. The fourth-order valence-corrected chi connectivity index (χ4v) is 3.20.